The molecule has 20 heavy (non-hydrogen) atoms. The zero-order chi connectivity index (χ0) is 14.3. The van der Waals surface area contributed by atoms with E-state index in [0.717, 1.165) is 16.8 Å². The molecular weight excluding hydrogens is 296 g/mol. The first kappa shape index (κ1) is 13.3. The molecular formula is C16H10Cl2FN. The molecule has 0 amide bonds. The van der Waals surface area contributed by atoms with Gasteiger partial charge in [0, 0.05) is 17.0 Å². The topological polar surface area (TPSA) is 12.9 Å². The van der Waals surface area contributed by atoms with Crippen molar-refractivity contribution < 1.29 is 4.39 Å². The van der Waals surface area contributed by atoms with E-state index in [0.29, 0.717) is 15.9 Å². The van der Waals surface area contributed by atoms with Crippen LogP contribution in [0, 0.1) is 12.7 Å². The number of hydrogen-bond acceptors (Lipinski definition) is 1. The molecule has 0 aliphatic rings. The lowest BCUT2D eigenvalue weighted by atomic mass is 10.0. The van der Waals surface area contributed by atoms with Gasteiger partial charge in [0.05, 0.1) is 21.3 Å². The van der Waals surface area contributed by atoms with E-state index in [1.807, 2.05) is 37.3 Å². The van der Waals surface area contributed by atoms with E-state index in [-0.39, 0.29) is 5.02 Å². The smallest absolute Gasteiger partial charge is 0.143 e. The van der Waals surface area contributed by atoms with Gasteiger partial charge < -0.3 is 0 Å². The van der Waals surface area contributed by atoms with Gasteiger partial charge in [-0.25, -0.2) is 9.37 Å². The average molecular weight is 306 g/mol. The van der Waals surface area contributed by atoms with Crippen LogP contribution in [-0.4, -0.2) is 4.98 Å². The summed E-state index contributed by atoms with van der Waals surface area (Å²) in [6.07, 6.45) is 0. The van der Waals surface area contributed by atoms with Gasteiger partial charge in [0.2, 0.25) is 0 Å². The Kier molecular flexibility index (Phi) is 3.36. The van der Waals surface area contributed by atoms with Gasteiger partial charge in [-0.2, -0.15) is 0 Å². The number of benzene rings is 2. The van der Waals surface area contributed by atoms with E-state index >= 15 is 0 Å². The predicted octanol–water partition coefficient (Wildman–Crippen LogP) is 5.66. The summed E-state index contributed by atoms with van der Waals surface area (Å²) in [5.74, 6) is -0.495. The summed E-state index contributed by atoms with van der Waals surface area (Å²) in [6.45, 7) is 1.90. The van der Waals surface area contributed by atoms with Gasteiger partial charge in [0.15, 0.2) is 0 Å². The summed E-state index contributed by atoms with van der Waals surface area (Å²) in [7, 11) is 0. The van der Waals surface area contributed by atoms with Crippen molar-refractivity contribution >= 4 is 34.1 Å². The van der Waals surface area contributed by atoms with Gasteiger partial charge in [-0.05, 0) is 18.6 Å². The van der Waals surface area contributed by atoms with Crippen LogP contribution in [0.5, 0.6) is 0 Å². The second-order valence-corrected chi connectivity index (χ2v) is 5.33. The van der Waals surface area contributed by atoms with Crippen molar-refractivity contribution in [3.05, 3.63) is 63.9 Å². The highest BCUT2D eigenvalue weighted by molar-refractivity contribution is 6.37. The van der Waals surface area contributed by atoms with Gasteiger partial charge in [-0.3, -0.25) is 0 Å². The molecule has 0 radical (unpaired) electrons. The predicted molar refractivity (Wildman–Crippen MR) is 81.9 cm³/mol. The van der Waals surface area contributed by atoms with Crippen molar-refractivity contribution in [3.8, 4) is 11.3 Å². The number of rotatable bonds is 1. The van der Waals surface area contributed by atoms with Crippen molar-refractivity contribution in [1.29, 1.82) is 0 Å². The van der Waals surface area contributed by atoms with E-state index < -0.39 is 5.82 Å². The molecule has 3 aromatic rings. The van der Waals surface area contributed by atoms with Crippen LogP contribution < -0.4 is 0 Å². The van der Waals surface area contributed by atoms with Crippen LogP contribution in [0.3, 0.4) is 0 Å². The highest BCUT2D eigenvalue weighted by Gasteiger charge is 2.13. The Labute approximate surface area is 126 Å². The Balaban J connectivity index is 2.36. The maximum atomic E-state index is 13.6. The number of hydrogen-bond donors (Lipinski definition) is 0. The molecule has 4 heteroatoms. The second kappa shape index (κ2) is 5.04. The van der Waals surface area contributed by atoms with Crippen molar-refractivity contribution in [1.82, 2.24) is 4.98 Å². The Morgan fingerprint density at radius 3 is 2.45 bits per heavy atom. The van der Waals surface area contributed by atoms with Crippen LogP contribution in [0.1, 0.15) is 5.56 Å². The summed E-state index contributed by atoms with van der Waals surface area (Å²) in [5, 5.41) is 1.26. The van der Waals surface area contributed by atoms with Crippen LogP contribution in [-0.2, 0) is 0 Å². The van der Waals surface area contributed by atoms with Crippen LogP contribution in [0.4, 0.5) is 4.39 Å². The molecule has 0 aliphatic heterocycles. The highest BCUT2D eigenvalue weighted by Crippen LogP contribution is 2.34. The molecule has 0 spiro atoms. The third-order valence-electron chi connectivity index (χ3n) is 3.24. The fourth-order valence-electron chi connectivity index (χ4n) is 2.19. The molecule has 0 bridgehead atoms. The first-order valence-corrected chi connectivity index (χ1v) is 6.84. The van der Waals surface area contributed by atoms with E-state index in [1.54, 1.807) is 0 Å². The third-order valence-corrected chi connectivity index (χ3v) is 4.02. The summed E-state index contributed by atoms with van der Waals surface area (Å²) in [5.41, 5.74) is 3.06. The van der Waals surface area contributed by atoms with Crippen molar-refractivity contribution in [3.63, 3.8) is 0 Å². The number of fused-ring (bicyclic) bond motifs is 1. The lowest BCUT2D eigenvalue weighted by Crippen LogP contribution is -1.93. The van der Waals surface area contributed by atoms with Gasteiger partial charge in [-0.15, -0.1) is 0 Å². The van der Waals surface area contributed by atoms with Gasteiger partial charge in [0.1, 0.15) is 5.82 Å². The molecule has 1 heterocycles. The molecule has 0 unspecified atom stereocenters. The fraction of sp³-hybridized carbons (Fsp3) is 0.0625. The van der Waals surface area contributed by atoms with Crippen molar-refractivity contribution in [2.75, 3.05) is 0 Å². The first-order chi connectivity index (χ1) is 9.58. The largest absolute Gasteiger partial charge is 0.247 e. The van der Waals surface area contributed by atoms with Gasteiger partial charge >= 0.3 is 0 Å². The molecule has 1 nitrogen and oxygen atoms in total. The zero-order valence-electron chi connectivity index (χ0n) is 10.6. The molecule has 100 valence electrons. The Morgan fingerprint density at radius 1 is 1.05 bits per heavy atom. The molecule has 0 N–H and O–H groups in total. The number of halogens is 3. The summed E-state index contributed by atoms with van der Waals surface area (Å²) in [4.78, 5) is 4.52. The molecule has 0 saturated carbocycles. The number of aromatic nitrogens is 1. The fourth-order valence-corrected chi connectivity index (χ4v) is 2.60. The Hall–Kier alpha value is -1.64. The molecule has 0 saturated heterocycles. The molecule has 0 atom stereocenters. The lowest BCUT2D eigenvalue weighted by Gasteiger charge is -2.11. The quantitative estimate of drug-likeness (QED) is 0.565. The monoisotopic (exact) mass is 305 g/mol. The first-order valence-electron chi connectivity index (χ1n) is 6.08. The van der Waals surface area contributed by atoms with Gasteiger partial charge in [0.25, 0.3) is 0 Å². The second-order valence-electron chi connectivity index (χ2n) is 4.55. The van der Waals surface area contributed by atoms with Crippen LogP contribution in [0.25, 0.3) is 22.2 Å². The van der Waals surface area contributed by atoms with E-state index in [9.17, 15) is 4.39 Å². The molecule has 0 fully saturated rings. The normalized spacial score (nSPS) is 11.0. The van der Waals surface area contributed by atoms with E-state index in [4.69, 9.17) is 23.2 Å². The molecule has 0 aliphatic carbocycles. The molecule has 2 aromatic carbocycles. The standard InChI is InChI=1S/C16H10Cl2FN/c1-9-15(18)11-7-12(17)13(19)8-14(11)20-16(9)10-5-3-2-4-6-10/h2-8H,1H3. The third kappa shape index (κ3) is 2.15. The molecule has 3 rings (SSSR count). The summed E-state index contributed by atoms with van der Waals surface area (Å²) >= 11 is 12.2. The summed E-state index contributed by atoms with van der Waals surface area (Å²) in [6, 6.07) is 12.5. The van der Waals surface area contributed by atoms with E-state index in [2.05, 4.69) is 4.98 Å². The summed E-state index contributed by atoms with van der Waals surface area (Å²) < 4.78 is 13.6. The highest BCUT2D eigenvalue weighted by atomic mass is 35.5. The van der Waals surface area contributed by atoms with Crippen molar-refractivity contribution in [2.45, 2.75) is 6.92 Å². The minimum Gasteiger partial charge on any atom is -0.247 e. The minimum atomic E-state index is -0.495. The van der Waals surface area contributed by atoms with E-state index in [1.165, 1.54) is 12.1 Å². The zero-order valence-corrected chi connectivity index (χ0v) is 12.1. The Bertz CT molecular complexity index is 801. The lowest BCUT2D eigenvalue weighted by molar-refractivity contribution is 0.630. The number of nitrogens with zero attached hydrogens (tertiary/aromatic N) is 1. The Morgan fingerprint density at radius 2 is 1.75 bits per heavy atom. The van der Waals surface area contributed by atoms with Crippen LogP contribution >= 0.6 is 23.2 Å². The maximum absolute atomic E-state index is 13.6. The average Bonchev–Trinajstić information content (AvgIpc) is 2.46. The molecule has 1 aromatic heterocycles. The minimum absolute atomic E-state index is 0.0491. The van der Waals surface area contributed by atoms with Crippen molar-refractivity contribution in [2.24, 2.45) is 0 Å². The maximum Gasteiger partial charge on any atom is 0.143 e. The van der Waals surface area contributed by atoms with Crippen LogP contribution in [0.15, 0.2) is 42.5 Å². The SMILES string of the molecule is Cc1c(-c2ccccc2)nc2cc(F)c(Cl)cc2c1Cl. The van der Waals surface area contributed by atoms with Gasteiger partial charge in [-0.1, -0.05) is 53.5 Å². The number of pyridine rings is 1. The van der Waals surface area contributed by atoms with Crippen LogP contribution in [0.2, 0.25) is 10.0 Å².